The van der Waals surface area contributed by atoms with Crippen molar-refractivity contribution < 1.29 is 9.90 Å². The number of carboxylic acids is 1. The van der Waals surface area contributed by atoms with Crippen molar-refractivity contribution in [2.24, 2.45) is 0 Å². The molecule has 0 unspecified atom stereocenters. The summed E-state index contributed by atoms with van der Waals surface area (Å²) in [5.41, 5.74) is 0.258. The monoisotopic (exact) mass is 207 g/mol. The van der Waals surface area contributed by atoms with Crippen LogP contribution >= 0.6 is 0 Å². The predicted molar refractivity (Wildman–Crippen MR) is 59.6 cm³/mol. The first-order chi connectivity index (χ1) is 7.08. The highest BCUT2D eigenvalue weighted by Crippen LogP contribution is 2.10. The molecule has 0 aliphatic rings. The van der Waals surface area contributed by atoms with Crippen LogP contribution in [0.25, 0.3) is 0 Å². The molecule has 1 aromatic rings. The first kappa shape index (κ1) is 11.7. The van der Waals surface area contributed by atoms with Crippen LogP contribution < -0.4 is 5.32 Å². The smallest absolute Gasteiger partial charge is 0.323 e. The summed E-state index contributed by atoms with van der Waals surface area (Å²) in [6, 6.07) is 9.79. The summed E-state index contributed by atoms with van der Waals surface area (Å²) in [7, 11) is 0. The molecule has 0 fully saturated rings. The van der Waals surface area contributed by atoms with Gasteiger partial charge in [-0.2, -0.15) is 0 Å². The molecule has 0 saturated heterocycles. The summed E-state index contributed by atoms with van der Waals surface area (Å²) in [5, 5.41) is 12.1. The second-order valence-corrected chi connectivity index (χ2v) is 3.83. The highest BCUT2D eigenvalue weighted by Gasteiger charge is 2.29. The van der Waals surface area contributed by atoms with Gasteiger partial charge in [0.05, 0.1) is 0 Å². The van der Waals surface area contributed by atoms with Crippen LogP contribution in [0, 0.1) is 0 Å². The Morgan fingerprint density at radius 3 is 2.47 bits per heavy atom. The third-order valence-electron chi connectivity index (χ3n) is 2.70. The van der Waals surface area contributed by atoms with Gasteiger partial charge in [0.15, 0.2) is 0 Å². The number of carbonyl (C=O) groups is 1. The minimum atomic E-state index is -0.837. The minimum absolute atomic E-state index is 0.565. The normalized spacial score (nSPS) is 14.5. The van der Waals surface area contributed by atoms with Crippen molar-refractivity contribution >= 4 is 5.97 Å². The SMILES string of the molecule is CC[C@](C)(NCc1ccccc1)C(=O)O. The molecular weight excluding hydrogens is 190 g/mol. The van der Waals surface area contributed by atoms with E-state index < -0.39 is 11.5 Å². The first-order valence-corrected chi connectivity index (χ1v) is 5.11. The molecule has 2 N–H and O–H groups in total. The maximum absolute atomic E-state index is 11.0. The lowest BCUT2D eigenvalue weighted by Crippen LogP contribution is -2.48. The van der Waals surface area contributed by atoms with Crippen molar-refractivity contribution in [2.45, 2.75) is 32.4 Å². The van der Waals surface area contributed by atoms with Gasteiger partial charge in [-0.25, -0.2) is 0 Å². The van der Waals surface area contributed by atoms with Crippen molar-refractivity contribution in [1.82, 2.24) is 5.32 Å². The first-order valence-electron chi connectivity index (χ1n) is 5.11. The van der Waals surface area contributed by atoms with E-state index in [1.54, 1.807) is 6.92 Å². The zero-order valence-corrected chi connectivity index (χ0v) is 9.16. The van der Waals surface area contributed by atoms with E-state index in [0.717, 1.165) is 5.56 Å². The van der Waals surface area contributed by atoms with Crippen LogP contribution in [0.3, 0.4) is 0 Å². The summed E-state index contributed by atoms with van der Waals surface area (Å²) < 4.78 is 0. The quantitative estimate of drug-likeness (QED) is 0.776. The maximum Gasteiger partial charge on any atom is 0.323 e. The predicted octanol–water partition coefficient (Wildman–Crippen LogP) is 2.03. The van der Waals surface area contributed by atoms with Crippen LogP contribution in [-0.4, -0.2) is 16.6 Å². The van der Waals surface area contributed by atoms with E-state index in [9.17, 15) is 4.79 Å². The molecule has 0 spiro atoms. The molecule has 0 aliphatic heterocycles. The van der Waals surface area contributed by atoms with E-state index in [0.29, 0.717) is 13.0 Å². The van der Waals surface area contributed by atoms with Crippen molar-refractivity contribution in [3.8, 4) is 0 Å². The fraction of sp³-hybridized carbons (Fsp3) is 0.417. The Morgan fingerprint density at radius 1 is 1.40 bits per heavy atom. The van der Waals surface area contributed by atoms with Crippen molar-refractivity contribution in [1.29, 1.82) is 0 Å². The average molecular weight is 207 g/mol. The van der Waals surface area contributed by atoms with Crippen LogP contribution in [0.5, 0.6) is 0 Å². The Hall–Kier alpha value is -1.35. The van der Waals surface area contributed by atoms with Gasteiger partial charge in [0, 0.05) is 6.54 Å². The standard InChI is InChI=1S/C12H17NO2/c1-3-12(2,11(14)15)13-9-10-7-5-4-6-8-10/h4-8,13H,3,9H2,1-2H3,(H,14,15)/t12-/m0/s1. The lowest BCUT2D eigenvalue weighted by molar-refractivity contribution is -0.144. The molecule has 1 atom stereocenters. The van der Waals surface area contributed by atoms with Gasteiger partial charge < -0.3 is 5.11 Å². The van der Waals surface area contributed by atoms with Gasteiger partial charge in [-0.3, -0.25) is 10.1 Å². The summed E-state index contributed by atoms with van der Waals surface area (Å²) in [4.78, 5) is 11.0. The molecule has 82 valence electrons. The third-order valence-corrected chi connectivity index (χ3v) is 2.70. The lowest BCUT2D eigenvalue weighted by atomic mass is 9.99. The second kappa shape index (κ2) is 4.94. The number of nitrogens with one attached hydrogen (secondary N) is 1. The Kier molecular flexibility index (Phi) is 3.86. The van der Waals surface area contributed by atoms with Crippen LogP contribution in [0.2, 0.25) is 0 Å². The zero-order chi connectivity index (χ0) is 11.3. The average Bonchev–Trinajstić information content (AvgIpc) is 2.27. The van der Waals surface area contributed by atoms with Gasteiger partial charge in [0.1, 0.15) is 5.54 Å². The van der Waals surface area contributed by atoms with Gasteiger partial charge in [0.2, 0.25) is 0 Å². The Morgan fingerprint density at radius 2 is 2.00 bits per heavy atom. The Bertz CT molecular complexity index is 324. The van der Waals surface area contributed by atoms with Crippen LogP contribution in [0.4, 0.5) is 0 Å². The number of rotatable bonds is 5. The van der Waals surface area contributed by atoms with Gasteiger partial charge >= 0.3 is 5.97 Å². The molecule has 15 heavy (non-hydrogen) atoms. The molecule has 0 saturated carbocycles. The molecule has 0 aliphatic carbocycles. The summed E-state index contributed by atoms with van der Waals surface area (Å²) in [6.07, 6.45) is 0.565. The van der Waals surface area contributed by atoms with Crippen molar-refractivity contribution in [3.05, 3.63) is 35.9 Å². The van der Waals surface area contributed by atoms with Gasteiger partial charge in [-0.05, 0) is 18.9 Å². The summed E-state index contributed by atoms with van der Waals surface area (Å²) in [5.74, 6) is -0.805. The molecule has 0 heterocycles. The number of benzene rings is 1. The molecule has 1 rings (SSSR count). The fourth-order valence-corrected chi connectivity index (χ4v) is 1.24. The van der Waals surface area contributed by atoms with E-state index in [4.69, 9.17) is 5.11 Å². The van der Waals surface area contributed by atoms with E-state index in [-0.39, 0.29) is 0 Å². The van der Waals surface area contributed by atoms with Crippen LogP contribution in [0.15, 0.2) is 30.3 Å². The largest absolute Gasteiger partial charge is 0.480 e. The third kappa shape index (κ3) is 3.06. The maximum atomic E-state index is 11.0. The summed E-state index contributed by atoms with van der Waals surface area (Å²) in [6.45, 7) is 4.15. The fourth-order valence-electron chi connectivity index (χ4n) is 1.24. The van der Waals surface area contributed by atoms with E-state index in [2.05, 4.69) is 5.32 Å². The van der Waals surface area contributed by atoms with Gasteiger partial charge in [-0.1, -0.05) is 37.3 Å². The van der Waals surface area contributed by atoms with Gasteiger partial charge in [-0.15, -0.1) is 0 Å². The zero-order valence-electron chi connectivity index (χ0n) is 9.16. The molecule has 0 aromatic heterocycles. The topological polar surface area (TPSA) is 49.3 Å². The second-order valence-electron chi connectivity index (χ2n) is 3.83. The number of hydrogen-bond donors (Lipinski definition) is 2. The minimum Gasteiger partial charge on any atom is -0.480 e. The molecule has 0 radical (unpaired) electrons. The van der Waals surface area contributed by atoms with E-state index in [1.807, 2.05) is 37.3 Å². The van der Waals surface area contributed by atoms with Crippen molar-refractivity contribution in [2.75, 3.05) is 0 Å². The molecule has 1 aromatic carbocycles. The lowest BCUT2D eigenvalue weighted by Gasteiger charge is -2.24. The number of hydrogen-bond acceptors (Lipinski definition) is 2. The van der Waals surface area contributed by atoms with Crippen LogP contribution in [0.1, 0.15) is 25.8 Å². The van der Waals surface area contributed by atoms with Gasteiger partial charge in [0.25, 0.3) is 0 Å². The Labute approximate surface area is 90.1 Å². The molecule has 3 heteroatoms. The van der Waals surface area contributed by atoms with Crippen molar-refractivity contribution in [3.63, 3.8) is 0 Å². The Balaban J connectivity index is 2.59. The summed E-state index contributed by atoms with van der Waals surface area (Å²) >= 11 is 0. The highest BCUT2D eigenvalue weighted by atomic mass is 16.4. The number of carboxylic acid groups (broad SMARTS) is 1. The molecule has 0 amide bonds. The van der Waals surface area contributed by atoms with Crippen LogP contribution in [-0.2, 0) is 11.3 Å². The number of aliphatic carboxylic acids is 1. The molecule has 0 bridgehead atoms. The highest BCUT2D eigenvalue weighted by molar-refractivity contribution is 5.78. The molecular formula is C12H17NO2. The van der Waals surface area contributed by atoms with E-state index >= 15 is 0 Å². The van der Waals surface area contributed by atoms with E-state index in [1.165, 1.54) is 0 Å². The molecule has 3 nitrogen and oxygen atoms in total.